The number of benzene rings is 2. The quantitative estimate of drug-likeness (QED) is 0.354. The summed E-state index contributed by atoms with van der Waals surface area (Å²) < 4.78 is 30.9. The molecule has 2 aromatic rings. The fourth-order valence-electron chi connectivity index (χ4n) is 7.00. The summed E-state index contributed by atoms with van der Waals surface area (Å²) in [5.74, 6) is -2.98. The third kappa shape index (κ3) is 5.66. The van der Waals surface area contributed by atoms with Crippen molar-refractivity contribution < 1.29 is 23.5 Å². The Hall–Kier alpha value is -2.30. The van der Waals surface area contributed by atoms with Crippen LogP contribution < -0.4 is 16.0 Å². The van der Waals surface area contributed by atoms with Crippen molar-refractivity contribution in [3.05, 3.63) is 63.1 Å². The molecule has 11 heteroatoms. The van der Waals surface area contributed by atoms with Crippen LogP contribution in [0.25, 0.3) is 0 Å². The number of hydrogen-bond acceptors (Lipinski definition) is 5. The largest absolute Gasteiger partial charge is 0.396 e. The number of amides is 2. The molecule has 2 aromatic carbocycles. The van der Waals surface area contributed by atoms with Crippen molar-refractivity contribution in [3.8, 4) is 0 Å². The molecule has 0 aromatic heterocycles. The number of hydrogen-bond donors (Lipinski definition) is 4. The van der Waals surface area contributed by atoms with E-state index in [1.54, 1.807) is 6.07 Å². The maximum atomic E-state index is 15.9. The van der Waals surface area contributed by atoms with Crippen LogP contribution in [-0.2, 0) is 15.0 Å². The van der Waals surface area contributed by atoms with Crippen molar-refractivity contribution in [2.45, 2.75) is 63.5 Å². The van der Waals surface area contributed by atoms with E-state index < -0.39 is 41.0 Å². The van der Waals surface area contributed by atoms with Gasteiger partial charge in [0.25, 0.3) is 0 Å². The van der Waals surface area contributed by atoms with Crippen LogP contribution in [0.15, 0.2) is 30.3 Å². The first-order valence-electron chi connectivity index (χ1n) is 14.5. The van der Waals surface area contributed by atoms with Gasteiger partial charge in [0.15, 0.2) is 0 Å². The van der Waals surface area contributed by atoms with Crippen LogP contribution in [0, 0.1) is 23.0 Å². The Morgan fingerprint density at radius 3 is 2.55 bits per heavy atom. The van der Waals surface area contributed by atoms with Crippen LogP contribution in [0.2, 0.25) is 10.0 Å². The number of aliphatic hydroxyl groups is 1. The number of nitrogens with zero attached hydrogens (tertiary/aromatic N) is 1. The van der Waals surface area contributed by atoms with Crippen molar-refractivity contribution in [1.29, 1.82) is 0 Å². The number of fused-ring (bicyclic) bond motifs is 2. The molecule has 5 rings (SSSR count). The molecular weight excluding hydrogens is 585 g/mol. The molecule has 7 nitrogen and oxygen atoms in total. The van der Waals surface area contributed by atoms with Gasteiger partial charge in [0.05, 0.1) is 16.1 Å². The van der Waals surface area contributed by atoms with E-state index in [0.29, 0.717) is 36.7 Å². The van der Waals surface area contributed by atoms with E-state index in [1.807, 2.05) is 20.8 Å². The highest BCUT2D eigenvalue weighted by Gasteiger charge is 2.66. The Labute approximate surface area is 255 Å². The second kappa shape index (κ2) is 12.0. The maximum Gasteiger partial charge on any atom is 0.237 e. The van der Waals surface area contributed by atoms with Gasteiger partial charge < -0.3 is 26.0 Å². The number of carbonyl (C=O) groups excluding carboxylic acids is 2. The second-order valence-electron chi connectivity index (χ2n) is 13.0. The van der Waals surface area contributed by atoms with Gasteiger partial charge in [-0.05, 0) is 73.0 Å². The van der Waals surface area contributed by atoms with E-state index in [1.165, 1.54) is 24.3 Å². The summed E-state index contributed by atoms with van der Waals surface area (Å²) in [5.41, 5.74) is -1.04. The number of rotatable bonds is 7. The molecule has 4 N–H and O–H groups in total. The molecule has 0 bridgehead atoms. The molecule has 0 aliphatic carbocycles. The monoisotopic (exact) mass is 622 g/mol. The average Bonchev–Trinajstić information content (AvgIpc) is 3.40. The molecule has 42 heavy (non-hydrogen) atoms. The SMILES string of the molecule is CC(C)(C)C[C@H]1N[C@@H](C(=O)NCCN2CCC(CO)CC2)[C@H](c2cccc(Cl)c2F)[C@@]12C(=O)Nc1cc(Cl)c(F)cc12. The van der Waals surface area contributed by atoms with Crippen LogP contribution in [0.4, 0.5) is 14.5 Å². The van der Waals surface area contributed by atoms with Crippen molar-refractivity contribution in [3.63, 3.8) is 0 Å². The number of aliphatic hydroxyl groups excluding tert-OH is 1. The minimum absolute atomic E-state index is 0.107. The molecule has 2 saturated heterocycles. The Morgan fingerprint density at radius 1 is 1.17 bits per heavy atom. The minimum atomic E-state index is -1.52. The van der Waals surface area contributed by atoms with E-state index in [9.17, 15) is 14.7 Å². The first-order chi connectivity index (χ1) is 19.9. The standard InChI is InChI=1S/C31H38Cl2F2N4O3/c1-30(2,3)15-24-31(19-13-22(34)21(33)14-23(19)37-29(31)42)25(18-5-4-6-20(32)26(18)35)27(38-24)28(41)36-9-12-39-10-7-17(16-40)8-11-39/h4-6,13-14,17,24-25,27,38,40H,7-12,15-16H2,1-3H3,(H,36,41)(H,37,42)/t24-,25+,27-,31+/m1/s1. The van der Waals surface area contributed by atoms with Crippen LogP contribution >= 0.6 is 23.2 Å². The Bertz CT molecular complexity index is 1360. The molecule has 2 amide bonds. The summed E-state index contributed by atoms with van der Waals surface area (Å²) in [4.78, 5) is 30.4. The topological polar surface area (TPSA) is 93.7 Å². The second-order valence-corrected chi connectivity index (χ2v) is 13.8. The van der Waals surface area contributed by atoms with Gasteiger partial charge in [-0.1, -0.05) is 56.1 Å². The number of halogens is 4. The third-order valence-corrected chi connectivity index (χ3v) is 9.57. The van der Waals surface area contributed by atoms with E-state index in [4.69, 9.17) is 23.2 Å². The molecule has 0 unspecified atom stereocenters. The predicted octanol–water partition coefficient (Wildman–Crippen LogP) is 4.84. The van der Waals surface area contributed by atoms with Gasteiger partial charge in [-0.2, -0.15) is 0 Å². The Morgan fingerprint density at radius 2 is 1.88 bits per heavy atom. The summed E-state index contributed by atoms with van der Waals surface area (Å²) in [6, 6.07) is 5.49. The zero-order chi connectivity index (χ0) is 30.4. The van der Waals surface area contributed by atoms with E-state index in [-0.39, 0.29) is 33.5 Å². The molecule has 0 radical (unpaired) electrons. The Kier molecular flexibility index (Phi) is 8.90. The van der Waals surface area contributed by atoms with Crippen molar-refractivity contribution in [2.24, 2.45) is 11.3 Å². The van der Waals surface area contributed by atoms with E-state index in [2.05, 4.69) is 20.9 Å². The summed E-state index contributed by atoms with van der Waals surface area (Å²) in [7, 11) is 0. The van der Waals surface area contributed by atoms with E-state index >= 15 is 8.78 Å². The summed E-state index contributed by atoms with van der Waals surface area (Å²) >= 11 is 12.3. The molecule has 4 atom stereocenters. The minimum Gasteiger partial charge on any atom is -0.396 e. The third-order valence-electron chi connectivity index (χ3n) is 8.99. The van der Waals surface area contributed by atoms with Gasteiger partial charge in [-0.25, -0.2) is 8.78 Å². The lowest BCUT2D eigenvalue weighted by molar-refractivity contribution is -0.124. The molecule has 2 fully saturated rings. The lowest BCUT2D eigenvalue weighted by Crippen LogP contribution is -2.49. The van der Waals surface area contributed by atoms with Crippen molar-refractivity contribution in [1.82, 2.24) is 15.5 Å². The van der Waals surface area contributed by atoms with Crippen LogP contribution in [0.3, 0.4) is 0 Å². The summed E-state index contributed by atoms with van der Waals surface area (Å²) in [6.45, 7) is 8.88. The summed E-state index contributed by atoms with van der Waals surface area (Å²) in [6.07, 6.45) is 2.24. The molecule has 3 aliphatic rings. The van der Waals surface area contributed by atoms with Gasteiger partial charge in [-0.15, -0.1) is 0 Å². The zero-order valence-electron chi connectivity index (χ0n) is 24.1. The molecule has 0 saturated carbocycles. The predicted molar refractivity (Wildman–Crippen MR) is 160 cm³/mol. The maximum absolute atomic E-state index is 15.9. The normalized spacial score (nSPS) is 26.5. The smallest absolute Gasteiger partial charge is 0.237 e. The first-order valence-corrected chi connectivity index (χ1v) is 15.2. The molecule has 228 valence electrons. The number of anilines is 1. The molecule has 3 aliphatic heterocycles. The molecule has 3 heterocycles. The lowest BCUT2D eigenvalue weighted by atomic mass is 9.62. The van der Waals surface area contributed by atoms with Crippen LogP contribution in [0.1, 0.15) is 57.1 Å². The van der Waals surface area contributed by atoms with Gasteiger partial charge >= 0.3 is 0 Å². The molecule has 1 spiro atoms. The highest BCUT2D eigenvalue weighted by molar-refractivity contribution is 6.31. The van der Waals surface area contributed by atoms with Gasteiger partial charge in [0, 0.05) is 37.3 Å². The van der Waals surface area contributed by atoms with Crippen molar-refractivity contribution >= 4 is 40.7 Å². The number of likely N-dealkylation sites (tertiary alicyclic amines) is 1. The fourth-order valence-corrected chi connectivity index (χ4v) is 7.35. The van der Waals surface area contributed by atoms with Gasteiger partial charge in [0.1, 0.15) is 17.0 Å². The number of carbonyl (C=O) groups is 2. The van der Waals surface area contributed by atoms with Gasteiger partial charge in [-0.3, -0.25) is 9.59 Å². The van der Waals surface area contributed by atoms with E-state index in [0.717, 1.165) is 25.9 Å². The fraction of sp³-hybridized carbons (Fsp3) is 0.548. The average molecular weight is 624 g/mol. The van der Waals surface area contributed by atoms with Crippen LogP contribution in [-0.4, -0.2) is 66.7 Å². The first kappa shape index (κ1) is 31.1. The molecular formula is C31H38Cl2F2N4O3. The Balaban J connectivity index is 1.55. The lowest BCUT2D eigenvalue weighted by Gasteiger charge is -2.37. The van der Waals surface area contributed by atoms with Crippen molar-refractivity contribution in [2.75, 3.05) is 38.1 Å². The number of nitrogens with one attached hydrogen (secondary N) is 3. The van der Waals surface area contributed by atoms with Crippen LogP contribution in [0.5, 0.6) is 0 Å². The summed E-state index contributed by atoms with van der Waals surface area (Å²) in [5, 5.41) is 18.4. The van der Waals surface area contributed by atoms with Gasteiger partial charge in [0.2, 0.25) is 11.8 Å². The zero-order valence-corrected chi connectivity index (χ0v) is 25.6. The highest BCUT2D eigenvalue weighted by Crippen LogP contribution is 2.57. The number of piperidine rings is 1. The highest BCUT2D eigenvalue weighted by atomic mass is 35.5.